The number of carboxylic acids is 1. The van der Waals surface area contributed by atoms with E-state index in [0.29, 0.717) is 17.6 Å². The average molecular weight is 260 g/mol. The minimum atomic E-state index is -0.874. The molecule has 1 aliphatic heterocycles. The highest BCUT2D eigenvalue weighted by molar-refractivity contribution is 5.88. The molecule has 2 aliphatic rings. The Morgan fingerprint density at radius 1 is 1.32 bits per heavy atom. The molecule has 1 saturated carbocycles. The third kappa shape index (κ3) is 2.73. The van der Waals surface area contributed by atoms with E-state index in [1.165, 1.54) is 12.8 Å². The second-order valence-corrected chi connectivity index (χ2v) is 5.74. The first-order chi connectivity index (χ1) is 9.13. The topological polar surface area (TPSA) is 52.6 Å². The van der Waals surface area contributed by atoms with E-state index in [4.69, 9.17) is 5.11 Å². The molecule has 1 aliphatic carbocycles. The maximum Gasteiger partial charge on any atom is 0.335 e. The summed E-state index contributed by atoms with van der Waals surface area (Å²) in [5.74, 6) is -0.874. The normalized spacial score (nSPS) is 27.4. The molecule has 2 unspecified atom stereocenters. The second-order valence-electron chi connectivity index (χ2n) is 5.74. The molecule has 2 N–H and O–H groups in total. The van der Waals surface area contributed by atoms with Crippen LogP contribution >= 0.6 is 0 Å². The Morgan fingerprint density at radius 2 is 2.00 bits per heavy atom. The van der Waals surface area contributed by atoms with Crippen molar-refractivity contribution >= 4 is 11.7 Å². The third-order valence-electron chi connectivity index (χ3n) is 4.14. The van der Waals surface area contributed by atoms with Crippen LogP contribution in [0.15, 0.2) is 24.3 Å². The molecule has 2 atom stereocenters. The number of nitrogens with zero attached hydrogens (tertiary/aromatic N) is 1. The first-order valence-electron chi connectivity index (χ1n) is 6.99. The summed E-state index contributed by atoms with van der Waals surface area (Å²) in [6.07, 6.45) is 3.87. The summed E-state index contributed by atoms with van der Waals surface area (Å²) in [5, 5.41) is 12.4. The molecule has 1 aromatic rings. The van der Waals surface area contributed by atoms with Gasteiger partial charge in [0.25, 0.3) is 0 Å². The van der Waals surface area contributed by atoms with Gasteiger partial charge in [-0.3, -0.25) is 4.90 Å². The van der Waals surface area contributed by atoms with Crippen molar-refractivity contribution in [3.63, 3.8) is 0 Å². The Hall–Kier alpha value is -1.55. The summed E-state index contributed by atoms with van der Waals surface area (Å²) in [5.41, 5.74) is 1.35. The smallest absolute Gasteiger partial charge is 0.335 e. The van der Waals surface area contributed by atoms with Gasteiger partial charge in [0, 0.05) is 30.4 Å². The molecular weight excluding hydrogens is 240 g/mol. The van der Waals surface area contributed by atoms with Gasteiger partial charge in [0.2, 0.25) is 0 Å². The van der Waals surface area contributed by atoms with Crippen LogP contribution in [-0.2, 0) is 0 Å². The summed E-state index contributed by atoms with van der Waals surface area (Å²) < 4.78 is 0. The van der Waals surface area contributed by atoms with Crippen LogP contribution in [0.5, 0.6) is 0 Å². The van der Waals surface area contributed by atoms with E-state index in [1.54, 1.807) is 12.1 Å². The molecule has 1 aromatic carbocycles. The number of carbonyl (C=O) groups is 1. The molecule has 0 radical (unpaired) electrons. The molecule has 0 spiro atoms. The molecule has 1 saturated heterocycles. The van der Waals surface area contributed by atoms with Gasteiger partial charge in [0.15, 0.2) is 0 Å². The Morgan fingerprint density at radius 3 is 2.58 bits per heavy atom. The highest BCUT2D eigenvalue weighted by Crippen LogP contribution is 2.34. The number of hydrogen-bond donors (Lipinski definition) is 2. The van der Waals surface area contributed by atoms with Crippen molar-refractivity contribution in [2.45, 2.75) is 44.3 Å². The van der Waals surface area contributed by atoms with Gasteiger partial charge in [-0.25, -0.2) is 4.79 Å². The van der Waals surface area contributed by atoms with Crippen LogP contribution in [0.4, 0.5) is 5.69 Å². The van der Waals surface area contributed by atoms with Crippen LogP contribution in [0.1, 0.15) is 36.5 Å². The molecule has 4 heteroatoms. The summed E-state index contributed by atoms with van der Waals surface area (Å²) in [4.78, 5) is 13.4. The highest BCUT2D eigenvalue weighted by atomic mass is 16.4. The van der Waals surface area contributed by atoms with Gasteiger partial charge >= 0.3 is 5.97 Å². The number of carboxylic acid groups (broad SMARTS) is 1. The van der Waals surface area contributed by atoms with Crippen LogP contribution in [0.25, 0.3) is 0 Å². The van der Waals surface area contributed by atoms with Crippen molar-refractivity contribution in [1.29, 1.82) is 0 Å². The largest absolute Gasteiger partial charge is 0.478 e. The van der Waals surface area contributed by atoms with Crippen LogP contribution in [-0.4, -0.2) is 40.6 Å². The number of hydrogen-bond acceptors (Lipinski definition) is 3. The number of aromatic carboxylic acids is 1. The Bertz CT molecular complexity index is 468. The van der Waals surface area contributed by atoms with E-state index in [2.05, 4.69) is 17.1 Å². The summed E-state index contributed by atoms with van der Waals surface area (Å²) in [7, 11) is 0. The van der Waals surface area contributed by atoms with E-state index >= 15 is 0 Å². The van der Waals surface area contributed by atoms with Gasteiger partial charge in [0.1, 0.15) is 0 Å². The highest BCUT2D eigenvalue weighted by Gasteiger charge is 2.38. The zero-order valence-corrected chi connectivity index (χ0v) is 11.2. The molecule has 1 heterocycles. The van der Waals surface area contributed by atoms with E-state index < -0.39 is 5.97 Å². The van der Waals surface area contributed by atoms with Crippen molar-refractivity contribution in [2.24, 2.45) is 0 Å². The molecule has 19 heavy (non-hydrogen) atoms. The molecule has 0 bridgehead atoms. The van der Waals surface area contributed by atoms with E-state index in [1.807, 2.05) is 12.1 Å². The fourth-order valence-electron chi connectivity index (χ4n) is 3.02. The van der Waals surface area contributed by atoms with Crippen molar-refractivity contribution in [1.82, 2.24) is 4.90 Å². The van der Waals surface area contributed by atoms with Crippen LogP contribution in [0, 0.1) is 0 Å². The van der Waals surface area contributed by atoms with Crippen molar-refractivity contribution in [3.05, 3.63) is 29.8 Å². The molecule has 3 rings (SSSR count). The van der Waals surface area contributed by atoms with Crippen molar-refractivity contribution in [3.8, 4) is 0 Å². The maximum atomic E-state index is 10.8. The van der Waals surface area contributed by atoms with Gasteiger partial charge < -0.3 is 10.4 Å². The molecule has 102 valence electrons. The Labute approximate surface area is 113 Å². The van der Waals surface area contributed by atoms with Crippen LogP contribution in [0.2, 0.25) is 0 Å². The summed E-state index contributed by atoms with van der Waals surface area (Å²) in [6, 6.07) is 8.97. The molecule has 2 fully saturated rings. The number of benzene rings is 1. The van der Waals surface area contributed by atoms with Crippen molar-refractivity contribution < 1.29 is 9.90 Å². The van der Waals surface area contributed by atoms with E-state index in [9.17, 15) is 4.79 Å². The molecule has 4 nitrogen and oxygen atoms in total. The lowest BCUT2D eigenvalue weighted by molar-refractivity contribution is 0.0697. The summed E-state index contributed by atoms with van der Waals surface area (Å²) >= 11 is 0. The van der Waals surface area contributed by atoms with Crippen molar-refractivity contribution in [2.75, 3.05) is 11.9 Å². The lowest BCUT2D eigenvalue weighted by Gasteiger charge is -2.20. The van der Waals surface area contributed by atoms with E-state index in [-0.39, 0.29) is 0 Å². The van der Waals surface area contributed by atoms with Gasteiger partial charge in [-0.2, -0.15) is 0 Å². The standard InChI is InChI=1S/C15H20N2O2/c1-10-8-13(9-17(10)14-6-7-14)16-12-4-2-11(3-5-12)15(18)19/h2-5,10,13-14,16H,6-9H2,1H3,(H,18,19). The second kappa shape index (κ2) is 4.85. The minimum absolute atomic E-state index is 0.338. The predicted molar refractivity (Wildman–Crippen MR) is 74.6 cm³/mol. The SMILES string of the molecule is CC1CC(Nc2ccc(C(=O)O)cc2)CN1C1CC1. The monoisotopic (exact) mass is 260 g/mol. The average Bonchev–Trinajstić information content (AvgIpc) is 3.15. The lowest BCUT2D eigenvalue weighted by Crippen LogP contribution is -2.31. The zero-order valence-electron chi connectivity index (χ0n) is 11.2. The fraction of sp³-hybridized carbons (Fsp3) is 0.533. The van der Waals surface area contributed by atoms with Gasteiger partial charge in [-0.05, 0) is 50.5 Å². The molecule has 0 amide bonds. The third-order valence-corrected chi connectivity index (χ3v) is 4.14. The lowest BCUT2D eigenvalue weighted by atomic mass is 10.1. The number of nitrogens with one attached hydrogen (secondary N) is 1. The number of rotatable bonds is 4. The predicted octanol–water partition coefficient (Wildman–Crippen LogP) is 2.42. The Balaban J connectivity index is 1.60. The van der Waals surface area contributed by atoms with Crippen LogP contribution in [0.3, 0.4) is 0 Å². The molecule has 0 aromatic heterocycles. The number of likely N-dealkylation sites (tertiary alicyclic amines) is 1. The first-order valence-corrected chi connectivity index (χ1v) is 6.99. The minimum Gasteiger partial charge on any atom is -0.478 e. The van der Waals surface area contributed by atoms with Gasteiger partial charge in [0.05, 0.1) is 5.56 Å². The van der Waals surface area contributed by atoms with E-state index in [0.717, 1.165) is 24.7 Å². The van der Waals surface area contributed by atoms with Gasteiger partial charge in [-0.1, -0.05) is 0 Å². The molecular formula is C15H20N2O2. The summed E-state index contributed by atoms with van der Waals surface area (Å²) in [6.45, 7) is 3.40. The fourth-order valence-corrected chi connectivity index (χ4v) is 3.02. The first kappa shape index (κ1) is 12.5. The quantitative estimate of drug-likeness (QED) is 0.873. The Kier molecular flexibility index (Phi) is 3.19. The van der Waals surface area contributed by atoms with Gasteiger partial charge in [-0.15, -0.1) is 0 Å². The van der Waals surface area contributed by atoms with Crippen LogP contribution < -0.4 is 5.32 Å². The zero-order chi connectivity index (χ0) is 13.4. The maximum absolute atomic E-state index is 10.8. The number of anilines is 1.